The molecule has 0 aliphatic rings. The van der Waals surface area contributed by atoms with Crippen LogP contribution in [0.25, 0.3) is 0 Å². The van der Waals surface area contributed by atoms with Crippen LogP contribution in [0.4, 0.5) is 5.69 Å². The summed E-state index contributed by atoms with van der Waals surface area (Å²) in [6, 6.07) is 12.0. The van der Waals surface area contributed by atoms with Crippen molar-refractivity contribution in [1.82, 2.24) is 25.2 Å². The zero-order chi connectivity index (χ0) is 16.1. The van der Waals surface area contributed by atoms with E-state index in [1.807, 2.05) is 30.3 Å². The second-order valence-corrected chi connectivity index (χ2v) is 4.68. The number of anilines is 1. The Kier molecular flexibility index (Phi) is 4.23. The molecule has 1 atom stereocenters. The van der Waals surface area contributed by atoms with Crippen LogP contribution in [-0.4, -0.2) is 38.2 Å². The molecular weight excluding hydrogens is 296 g/mol. The molecule has 3 aromatic rings. The molecule has 2 heterocycles. The molecule has 3 rings (SSSR count). The number of ether oxygens (including phenoxy) is 1. The zero-order valence-corrected chi connectivity index (χ0v) is 12.3. The van der Waals surface area contributed by atoms with Crippen LogP contribution in [0.1, 0.15) is 11.6 Å². The van der Waals surface area contributed by atoms with Gasteiger partial charge in [0.1, 0.15) is 6.33 Å². The third kappa shape index (κ3) is 3.31. The standard InChI is InChI=1S/C15H14N6O2/c1-23-13-8-7-12(9-16-13)18-15(22)14(21-10-17-19-20-21)11-5-3-2-4-6-11/h2-10,14H,1H3,(H,18,22). The van der Waals surface area contributed by atoms with Crippen LogP contribution in [-0.2, 0) is 4.79 Å². The fourth-order valence-electron chi connectivity index (χ4n) is 2.13. The van der Waals surface area contributed by atoms with Gasteiger partial charge in [-0.3, -0.25) is 4.79 Å². The van der Waals surface area contributed by atoms with Crippen molar-refractivity contribution < 1.29 is 9.53 Å². The van der Waals surface area contributed by atoms with Crippen molar-refractivity contribution in [3.8, 4) is 5.88 Å². The van der Waals surface area contributed by atoms with Crippen LogP contribution in [0.15, 0.2) is 55.0 Å². The summed E-state index contributed by atoms with van der Waals surface area (Å²) in [6.07, 6.45) is 2.93. The zero-order valence-electron chi connectivity index (χ0n) is 12.3. The van der Waals surface area contributed by atoms with Crippen molar-refractivity contribution in [2.45, 2.75) is 6.04 Å². The number of tetrazole rings is 1. The summed E-state index contributed by atoms with van der Waals surface area (Å²) >= 11 is 0. The third-order valence-electron chi connectivity index (χ3n) is 3.21. The fraction of sp³-hybridized carbons (Fsp3) is 0.133. The first-order chi connectivity index (χ1) is 11.3. The van der Waals surface area contributed by atoms with E-state index in [0.717, 1.165) is 5.56 Å². The molecule has 0 saturated heterocycles. The van der Waals surface area contributed by atoms with E-state index in [-0.39, 0.29) is 5.91 Å². The molecule has 0 aliphatic carbocycles. The number of methoxy groups -OCH3 is 1. The molecule has 0 bridgehead atoms. The second-order valence-electron chi connectivity index (χ2n) is 4.68. The fourth-order valence-corrected chi connectivity index (χ4v) is 2.13. The third-order valence-corrected chi connectivity index (χ3v) is 3.21. The van der Waals surface area contributed by atoms with Gasteiger partial charge >= 0.3 is 0 Å². The monoisotopic (exact) mass is 310 g/mol. The van der Waals surface area contributed by atoms with Gasteiger partial charge in [0.05, 0.1) is 19.0 Å². The molecule has 1 unspecified atom stereocenters. The number of aromatic nitrogens is 5. The topological polar surface area (TPSA) is 94.8 Å². The van der Waals surface area contributed by atoms with Gasteiger partial charge in [0.2, 0.25) is 5.88 Å². The summed E-state index contributed by atoms with van der Waals surface area (Å²) in [6.45, 7) is 0. The summed E-state index contributed by atoms with van der Waals surface area (Å²) in [4.78, 5) is 16.7. The van der Waals surface area contributed by atoms with Gasteiger partial charge in [0, 0.05) is 6.07 Å². The first kappa shape index (κ1) is 14.6. The van der Waals surface area contributed by atoms with Crippen molar-refractivity contribution in [2.75, 3.05) is 12.4 Å². The van der Waals surface area contributed by atoms with Crippen LogP contribution in [0, 0.1) is 0 Å². The number of nitrogens with one attached hydrogen (secondary N) is 1. The SMILES string of the molecule is COc1ccc(NC(=O)C(c2ccccc2)n2cnnn2)cn1. The van der Waals surface area contributed by atoms with E-state index < -0.39 is 6.04 Å². The second kappa shape index (κ2) is 6.65. The molecule has 8 nitrogen and oxygen atoms in total. The summed E-state index contributed by atoms with van der Waals surface area (Å²) in [5.74, 6) is 0.207. The highest BCUT2D eigenvalue weighted by Crippen LogP contribution is 2.19. The number of carbonyl (C=O) groups is 1. The highest BCUT2D eigenvalue weighted by atomic mass is 16.5. The molecule has 0 saturated carbocycles. The maximum absolute atomic E-state index is 12.7. The highest BCUT2D eigenvalue weighted by Gasteiger charge is 2.23. The van der Waals surface area contributed by atoms with Crippen LogP contribution >= 0.6 is 0 Å². The molecule has 2 aromatic heterocycles. The summed E-state index contributed by atoms with van der Waals surface area (Å²) in [7, 11) is 1.53. The normalized spacial score (nSPS) is 11.7. The molecule has 1 amide bonds. The molecule has 1 N–H and O–H groups in total. The number of hydrogen-bond donors (Lipinski definition) is 1. The Morgan fingerprint density at radius 1 is 1.22 bits per heavy atom. The molecule has 23 heavy (non-hydrogen) atoms. The lowest BCUT2D eigenvalue weighted by molar-refractivity contribution is -0.118. The summed E-state index contributed by atoms with van der Waals surface area (Å²) in [5, 5.41) is 13.9. The van der Waals surface area contributed by atoms with Gasteiger partial charge in [-0.15, -0.1) is 5.10 Å². The van der Waals surface area contributed by atoms with Gasteiger partial charge < -0.3 is 10.1 Å². The minimum Gasteiger partial charge on any atom is -0.481 e. The average Bonchev–Trinajstić information content (AvgIpc) is 3.11. The first-order valence-corrected chi connectivity index (χ1v) is 6.86. The molecular formula is C15H14N6O2. The van der Waals surface area contributed by atoms with E-state index >= 15 is 0 Å². The Morgan fingerprint density at radius 2 is 2.04 bits per heavy atom. The molecule has 0 aliphatic heterocycles. The molecule has 116 valence electrons. The van der Waals surface area contributed by atoms with E-state index in [9.17, 15) is 4.79 Å². The maximum atomic E-state index is 12.7. The van der Waals surface area contributed by atoms with E-state index in [2.05, 4.69) is 25.8 Å². The van der Waals surface area contributed by atoms with Gasteiger partial charge in [-0.2, -0.15) is 0 Å². The quantitative estimate of drug-likeness (QED) is 0.763. The van der Waals surface area contributed by atoms with Gasteiger partial charge in [-0.25, -0.2) is 9.67 Å². The number of hydrogen-bond acceptors (Lipinski definition) is 6. The highest BCUT2D eigenvalue weighted by molar-refractivity contribution is 5.95. The molecule has 1 aromatic carbocycles. The predicted octanol–water partition coefficient (Wildman–Crippen LogP) is 1.30. The molecule has 0 radical (unpaired) electrons. The van der Waals surface area contributed by atoms with Crippen molar-refractivity contribution in [2.24, 2.45) is 0 Å². The Morgan fingerprint density at radius 3 is 2.65 bits per heavy atom. The molecule has 8 heteroatoms. The van der Waals surface area contributed by atoms with Crippen molar-refractivity contribution >= 4 is 11.6 Å². The summed E-state index contributed by atoms with van der Waals surface area (Å²) in [5.41, 5.74) is 1.34. The first-order valence-electron chi connectivity index (χ1n) is 6.86. The Bertz CT molecular complexity index is 758. The van der Waals surface area contributed by atoms with Crippen LogP contribution in [0.5, 0.6) is 5.88 Å². The van der Waals surface area contributed by atoms with E-state index in [1.54, 1.807) is 12.1 Å². The number of carbonyl (C=O) groups excluding carboxylic acids is 1. The molecule has 0 fully saturated rings. The largest absolute Gasteiger partial charge is 0.481 e. The number of pyridine rings is 1. The predicted molar refractivity (Wildman–Crippen MR) is 81.8 cm³/mol. The van der Waals surface area contributed by atoms with Crippen molar-refractivity contribution in [3.63, 3.8) is 0 Å². The smallest absolute Gasteiger partial charge is 0.254 e. The van der Waals surface area contributed by atoms with Crippen molar-refractivity contribution in [3.05, 3.63) is 60.6 Å². The number of benzene rings is 1. The van der Waals surface area contributed by atoms with E-state index in [1.165, 1.54) is 24.3 Å². The maximum Gasteiger partial charge on any atom is 0.254 e. The van der Waals surface area contributed by atoms with Gasteiger partial charge in [-0.1, -0.05) is 30.3 Å². The summed E-state index contributed by atoms with van der Waals surface area (Å²) < 4.78 is 6.40. The number of amides is 1. The number of nitrogens with zero attached hydrogens (tertiary/aromatic N) is 5. The Balaban J connectivity index is 1.86. The van der Waals surface area contributed by atoms with Crippen LogP contribution < -0.4 is 10.1 Å². The number of rotatable bonds is 5. The van der Waals surface area contributed by atoms with E-state index in [0.29, 0.717) is 11.6 Å². The minimum atomic E-state index is -0.673. The van der Waals surface area contributed by atoms with Gasteiger partial charge in [-0.05, 0) is 22.1 Å². The van der Waals surface area contributed by atoms with Gasteiger partial charge in [0.25, 0.3) is 5.91 Å². The molecule has 0 spiro atoms. The average molecular weight is 310 g/mol. The Labute approximate surface area is 132 Å². The minimum absolute atomic E-state index is 0.268. The van der Waals surface area contributed by atoms with E-state index in [4.69, 9.17) is 4.74 Å². The van der Waals surface area contributed by atoms with Crippen molar-refractivity contribution in [1.29, 1.82) is 0 Å². The lowest BCUT2D eigenvalue weighted by atomic mass is 10.1. The Hall–Kier alpha value is -3.29. The van der Waals surface area contributed by atoms with Gasteiger partial charge in [0.15, 0.2) is 6.04 Å². The lowest BCUT2D eigenvalue weighted by Gasteiger charge is -2.16. The lowest BCUT2D eigenvalue weighted by Crippen LogP contribution is -2.27. The van der Waals surface area contributed by atoms with Crippen LogP contribution in [0.3, 0.4) is 0 Å². The van der Waals surface area contributed by atoms with Crippen LogP contribution in [0.2, 0.25) is 0 Å².